The van der Waals surface area contributed by atoms with Crippen LogP contribution in [0, 0.1) is 0 Å². The zero-order chi connectivity index (χ0) is 15.1. The number of amides is 1. The molecule has 4 nitrogen and oxygen atoms in total. The molecule has 0 saturated carbocycles. The van der Waals surface area contributed by atoms with Crippen LogP contribution in [0.2, 0.25) is 0 Å². The Bertz CT molecular complexity index is 459. The van der Waals surface area contributed by atoms with Crippen molar-refractivity contribution in [2.45, 2.75) is 58.4 Å². The molecule has 116 valence electrons. The Balaban J connectivity index is 2.17. The van der Waals surface area contributed by atoms with Gasteiger partial charge in [0.1, 0.15) is 0 Å². The van der Waals surface area contributed by atoms with Crippen molar-refractivity contribution in [3.8, 4) is 0 Å². The third kappa shape index (κ3) is 3.96. The number of pyridine rings is 1. The normalized spacial score (nSPS) is 18.6. The number of nitrogens with zero attached hydrogens (tertiary/aromatic N) is 2. The van der Waals surface area contributed by atoms with Crippen LogP contribution in [-0.4, -0.2) is 34.9 Å². The van der Waals surface area contributed by atoms with Crippen molar-refractivity contribution in [3.63, 3.8) is 0 Å². The average molecular weight is 289 g/mol. The smallest absolute Gasteiger partial charge is 0.257 e. The number of nitrogens with one attached hydrogen (secondary N) is 1. The van der Waals surface area contributed by atoms with E-state index in [0.717, 1.165) is 50.9 Å². The summed E-state index contributed by atoms with van der Waals surface area (Å²) < 4.78 is 0. The maximum atomic E-state index is 12.9. The van der Waals surface area contributed by atoms with E-state index in [2.05, 4.69) is 29.0 Å². The second-order valence-corrected chi connectivity index (χ2v) is 5.78. The maximum Gasteiger partial charge on any atom is 0.257 e. The number of hydrogen-bond donors (Lipinski definition) is 1. The highest BCUT2D eigenvalue weighted by molar-refractivity contribution is 5.99. The van der Waals surface area contributed by atoms with E-state index in [1.165, 1.54) is 6.42 Å². The molecule has 1 unspecified atom stereocenters. The van der Waals surface area contributed by atoms with E-state index in [0.29, 0.717) is 11.6 Å². The van der Waals surface area contributed by atoms with Gasteiger partial charge >= 0.3 is 0 Å². The summed E-state index contributed by atoms with van der Waals surface area (Å²) in [5.74, 6) is 0.139. The van der Waals surface area contributed by atoms with Crippen LogP contribution >= 0.6 is 0 Å². The quantitative estimate of drug-likeness (QED) is 0.868. The zero-order valence-electron chi connectivity index (χ0n) is 13.3. The number of carbonyl (C=O) groups is 1. The molecule has 1 atom stereocenters. The summed E-state index contributed by atoms with van der Waals surface area (Å²) in [6.07, 6.45) is 10.2. The van der Waals surface area contributed by atoms with Gasteiger partial charge in [-0.3, -0.25) is 9.78 Å². The summed E-state index contributed by atoms with van der Waals surface area (Å²) in [5.41, 5.74) is 1.63. The van der Waals surface area contributed by atoms with Crippen molar-refractivity contribution in [1.82, 2.24) is 9.88 Å². The van der Waals surface area contributed by atoms with Crippen molar-refractivity contribution in [1.29, 1.82) is 0 Å². The lowest BCUT2D eigenvalue weighted by molar-refractivity contribution is 0.0601. The molecule has 0 radical (unpaired) electrons. The van der Waals surface area contributed by atoms with Crippen molar-refractivity contribution in [2.75, 3.05) is 18.4 Å². The van der Waals surface area contributed by atoms with E-state index in [-0.39, 0.29) is 5.91 Å². The Morgan fingerprint density at radius 1 is 1.38 bits per heavy atom. The van der Waals surface area contributed by atoms with Crippen LogP contribution < -0.4 is 5.32 Å². The molecule has 1 aliphatic heterocycles. The Morgan fingerprint density at radius 2 is 2.24 bits per heavy atom. The molecule has 1 aromatic heterocycles. The Kier molecular flexibility index (Phi) is 6.03. The van der Waals surface area contributed by atoms with Gasteiger partial charge in [0.05, 0.1) is 11.3 Å². The van der Waals surface area contributed by atoms with E-state index >= 15 is 0 Å². The van der Waals surface area contributed by atoms with Crippen LogP contribution in [0.5, 0.6) is 0 Å². The highest BCUT2D eigenvalue weighted by Gasteiger charge is 2.28. The summed E-state index contributed by atoms with van der Waals surface area (Å²) >= 11 is 0. The standard InChI is InChI=1S/C17H27N3O/c1-3-7-14-8-5-6-12-20(14)17(21)15-13-18-11-9-16(15)19-10-4-2/h9,11,13-14H,3-8,10,12H2,1-2H3,(H,18,19). The number of rotatable bonds is 6. The van der Waals surface area contributed by atoms with Crippen LogP contribution in [0.15, 0.2) is 18.5 Å². The molecule has 4 heteroatoms. The minimum absolute atomic E-state index is 0.139. The van der Waals surface area contributed by atoms with Crippen LogP contribution in [-0.2, 0) is 0 Å². The van der Waals surface area contributed by atoms with Crippen LogP contribution in [0.3, 0.4) is 0 Å². The number of anilines is 1. The Hall–Kier alpha value is -1.58. The van der Waals surface area contributed by atoms with Crippen LogP contribution in [0.25, 0.3) is 0 Å². The molecule has 2 heterocycles. The molecule has 1 fully saturated rings. The maximum absolute atomic E-state index is 12.9. The van der Waals surface area contributed by atoms with Gasteiger partial charge in [-0.1, -0.05) is 20.3 Å². The third-order valence-corrected chi connectivity index (χ3v) is 4.13. The largest absolute Gasteiger partial charge is 0.384 e. The predicted octanol–water partition coefficient (Wildman–Crippen LogP) is 3.70. The fourth-order valence-corrected chi connectivity index (χ4v) is 3.03. The second-order valence-electron chi connectivity index (χ2n) is 5.78. The highest BCUT2D eigenvalue weighted by Crippen LogP contribution is 2.25. The van der Waals surface area contributed by atoms with Gasteiger partial charge < -0.3 is 10.2 Å². The van der Waals surface area contributed by atoms with Gasteiger partial charge in [-0.15, -0.1) is 0 Å². The number of piperidine rings is 1. The molecule has 1 amide bonds. The molecule has 1 N–H and O–H groups in total. The first-order chi connectivity index (χ1) is 10.3. The lowest BCUT2D eigenvalue weighted by atomic mass is 9.97. The summed E-state index contributed by atoms with van der Waals surface area (Å²) in [4.78, 5) is 19.1. The van der Waals surface area contributed by atoms with Crippen LogP contribution in [0.4, 0.5) is 5.69 Å². The highest BCUT2D eigenvalue weighted by atomic mass is 16.2. The van der Waals surface area contributed by atoms with Gasteiger partial charge in [0.2, 0.25) is 0 Å². The summed E-state index contributed by atoms with van der Waals surface area (Å²) in [5, 5.41) is 3.34. The molecule has 0 bridgehead atoms. The molecule has 1 saturated heterocycles. The Morgan fingerprint density at radius 3 is 3.00 bits per heavy atom. The zero-order valence-corrected chi connectivity index (χ0v) is 13.3. The van der Waals surface area contributed by atoms with Gasteiger partial charge in [-0.25, -0.2) is 0 Å². The van der Waals surface area contributed by atoms with Crippen molar-refractivity contribution in [3.05, 3.63) is 24.0 Å². The molecule has 0 spiro atoms. The molecule has 21 heavy (non-hydrogen) atoms. The van der Waals surface area contributed by atoms with Crippen molar-refractivity contribution in [2.24, 2.45) is 0 Å². The van der Waals surface area contributed by atoms with E-state index < -0.39 is 0 Å². The number of likely N-dealkylation sites (tertiary alicyclic amines) is 1. The topological polar surface area (TPSA) is 45.2 Å². The van der Waals surface area contributed by atoms with Gasteiger partial charge in [-0.05, 0) is 38.2 Å². The average Bonchev–Trinajstić information content (AvgIpc) is 2.53. The monoisotopic (exact) mass is 289 g/mol. The van der Waals surface area contributed by atoms with E-state index in [1.807, 2.05) is 6.07 Å². The van der Waals surface area contributed by atoms with Gasteiger partial charge in [0.15, 0.2) is 0 Å². The molecule has 0 aromatic carbocycles. The number of carbonyl (C=O) groups excluding carboxylic acids is 1. The van der Waals surface area contributed by atoms with Crippen molar-refractivity contribution < 1.29 is 4.79 Å². The number of hydrogen-bond acceptors (Lipinski definition) is 3. The first-order valence-corrected chi connectivity index (χ1v) is 8.26. The third-order valence-electron chi connectivity index (χ3n) is 4.13. The van der Waals surface area contributed by atoms with Gasteiger partial charge in [0, 0.05) is 31.5 Å². The SMILES string of the molecule is CCCNc1ccncc1C(=O)N1CCCCC1CCC. The summed E-state index contributed by atoms with van der Waals surface area (Å²) in [7, 11) is 0. The van der Waals surface area contributed by atoms with Crippen molar-refractivity contribution >= 4 is 11.6 Å². The van der Waals surface area contributed by atoms with E-state index in [4.69, 9.17) is 0 Å². The van der Waals surface area contributed by atoms with Crippen LogP contribution in [0.1, 0.15) is 62.7 Å². The Labute approximate surface area is 127 Å². The number of aromatic nitrogens is 1. The summed E-state index contributed by atoms with van der Waals surface area (Å²) in [6, 6.07) is 2.30. The molecule has 0 aliphatic carbocycles. The lowest BCUT2D eigenvalue weighted by Crippen LogP contribution is -2.43. The molecular formula is C17H27N3O. The first kappa shape index (κ1) is 15.8. The van der Waals surface area contributed by atoms with Gasteiger partial charge in [-0.2, -0.15) is 0 Å². The molecule has 1 aromatic rings. The van der Waals surface area contributed by atoms with E-state index in [9.17, 15) is 4.79 Å². The molecule has 2 rings (SSSR count). The van der Waals surface area contributed by atoms with E-state index in [1.54, 1.807) is 12.4 Å². The summed E-state index contributed by atoms with van der Waals surface area (Å²) in [6.45, 7) is 6.07. The lowest BCUT2D eigenvalue weighted by Gasteiger charge is -2.36. The minimum atomic E-state index is 0.139. The fraction of sp³-hybridized carbons (Fsp3) is 0.647. The fourth-order valence-electron chi connectivity index (χ4n) is 3.03. The first-order valence-electron chi connectivity index (χ1n) is 8.26. The molecular weight excluding hydrogens is 262 g/mol. The second kappa shape index (κ2) is 8.01. The minimum Gasteiger partial charge on any atom is -0.384 e. The molecule has 1 aliphatic rings. The predicted molar refractivity (Wildman–Crippen MR) is 86.6 cm³/mol. The van der Waals surface area contributed by atoms with Gasteiger partial charge in [0.25, 0.3) is 5.91 Å².